The van der Waals surface area contributed by atoms with Crippen molar-refractivity contribution in [2.24, 2.45) is 0 Å². The van der Waals surface area contributed by atoms with Crippen molar-refractivity contribution in [1.29, 1.82) is 0 Å². The van der Waals surface area contributed by atoms with Crippen LogP contribution in [0.1, 0.15) is 18.9 Å². The van der Waals surface area contributed by atoms with Crippen LogP contribution in [0.4, 0.5) is 0 Å². The number of phenolic OH excluding ortho intramolecular Hbond substituents is 1. The number of carbonyl (C=O) groups excluding carboxylic acids is 1. The molecular formula is C13H17NO4. The molecule has 0 saturated heterocycles. The van der Waals surface area contributed by atoms with Gasteiger partial charge in [0.15, 0.2) is 0 Å². The summed E-state index contributed by atoms with van der Waals surface area (Å²) in [7, 11) is 0. The molecule has 5 nitrogen and oxygen atoms in total. The van der Waals surface area contributed by atoms with E-state index < -0.39 is 5.97 Å². The summed E-state index contributed by atoms with van der Waals surface area (Å²) in [6.45, 7) is 2.02. The van der Waals surface area contributed by atoms with Crippen molar-refractivity contribution in [2.45, 2.75) is 19.8 Å². The van der Waals surface area contributed by atoms with Gasteiger partial charge in [0.1, 0.15) is 12.3 Å². The van der Waals surface area contributed by atoms with Crippen molar-refractivity contribution in [3.63, 3.8) is 0 Å². The van der Waals surface area contributed by atoms with Crippen molar-refractivity contribution < 1.29 is 19.8 Å². The highest BCUT2D eigenvalue weighted by Crippen LogP contribution is 2.12. The second-order valence-corrected chi connectivity index (χ2v) is 4.06. The third kappa shape index (κ3) is 4.45. The quantitative estimate of drug-likeness (QED) is 0.797. The lowest BCUT2D eigenvalue weighted by Gasteiger charge is -2.19. The van der Waals surface area contributed by atoms with Crippen LogP contribution in [-0.4, -0.2) is 40.1 Å². The molecule has 0 aliphatic heterocycles. The summed E-state index contributed by atoms with van der Waals surface area (Å²) in [5, 5.41) is 18.0. The average molecular weight is 251 g/mol. The number of aliphatic carboxylic acids is 1. The van der Waals surface area contributed by atoms with Gasteiger partial charge in [0.25, 0.3) is 0 Å². The van der Waals surface area contributed by atoms with Gasteiger partial charge in [-0.3, -0.25) is 9.59 Å². The highest BCUT2D eigenvalue weighted by molar-refractivity contribution is 5.83. The first-order valence-corrected chi connectivity index (χ1v) is 5.80. The van der Waals surface area contributed by atoms with E-state index in [0.29, 0.717) is 18.5 Å². The zero-order valence-electron chi connectivity index (χ0n) is 10.3. The van der Waals surface area contributed by atoms with Crippen LogP contribution < -0.4 is 0 Å². The standard InChI is InChI=1S/C13H17NO4/c1-2-6-14(9-13(17)18)12(16)8-10-4-3-5-11(15)7-10/h3-5,7,15H,2,6,8-9H2,1H3,(H,17,18). The first-order valence-electron chi connectivity index (χ1n) is 5.80. The summed E-state index contributed by atoms with van der Waals surface area (Å²) < 4.78 is 0. The number of hydrogen-bond acceptors (Lipinski definition) is 3. The number of carboxylic acid groups (broad SMARTS) is 1. The van der Waals surface area contributed by atoms with E-state index in [0.717, 1.165) is 0 Å². The molecule has 1 amide bonds. The highest BCUT2D eigenvalue weighted by Gasteiger charge is 2.16. The molecule has 5 heteroatoms. The zero-order valence-corrected chi connectivity index (χ0v) is 10.3. The number of aromatic hydroxyl groups is 1. The predicted octanol–water partition coefficient (Wildman–Crippen LogP) is 1.26. The fourth-order valence-corrected chi connectivity index (χ4v) is 1.68. The van der Waals surface area contributed by atoms with Gasteiger partial charge in [-0.1, -0.05) is 19.1 Å². The second kappa shape index (κ2) is 6.64. The van der Waals surface area contributed by atoms with Crippen molar-refractivity contribution in [3.8, 4) is 5.75 Å². The molecule has 1 aromatic carbocycles. The van der Waals surface area contributed by atoms with Crippen LogP contribution in [-0.2, 0) is 16.0 Å². The van der Waals surface area contributed by atoms with Gasteiger partial charge in [-0.15, -0.1) is 0 Å². The Morgan fingerprint density at radius 1 is 1.33 bits per heavy atom. The van der Waals surface area contributed by atoms with Crippen LogP contribution in [0.15, 0.2) is 24.3 Å². The summed E-state index contributed by atoms with van der Waals surface area (Å²) in [4.78, 5) is 23.9. The molecule has 0 radical (unpaired) electrons. The second-order valence-electron chi connectivity index (χ2n) is 4.06. The Balaban J connectivity index is 2.69. The van der Waals surface area contributed by atoms with Crippen molar-refractivity contribution in [2.75, 3.05) is 13.1 Å². The molecule has 2 N–H and O–H groups in total. The summed E-state index contributed by atoms with van der Waals surface area (Å²) in [5.41, 5.74) is 0.673. The zero-order chi connectivity index (χ0) is 13.5. The monoisotopic (exact) mass is 251 g/mol. The fourth-order valence-electron chi connectivity index (χ4n) is 1.68. The van der Waals surface area contributed by atoms with Crippen LogP contribution in [0.5, 0.6) is 5.75 Å². The predicted molar refractivity (Wildman–Crippen MR) is 66.3 cm³/mol. The van der Waals surface area contributed by atoms with Crippen LogP contribution in [0, 0.1) is 0 Å². The Morgan fingerprint density at radius 2 is 2.06 bits per heavy atom. The maximum Gasteiger partial charge on any atom is 0.323 e. The van der Waals surface area contributed by atoms with E-state index in [9.17, 15) is 14.7 Å². The Morgan fingerprint density at radius 3 is 2.61 bits per heavy atom. The molecule has 0 saturated carbocycles. The van der Waals surface area contributed by atoms with E-state index in [1.807, 2.05) is 6.92 Å². The third-order valence-corrected chi connectivity index (χ3v) is 2.44. The van der Waals surface area contributed by atoms with E-state index in [1.54, 1.807) is 12.1 Å². The van der Waals surface area contributed by atoms with Crippen molar-refractivity contribution >= 4 is 11.9 Å². The SMILES string of the molecule is CCCN(CC(=O)O)C(=O)Cc1cccc(O)c1. The van der Waals surface area contributed by atoms with Gasteiger partial charge in [-0.05, 0) is 24.1 Å². The molecule has 0 bridgehead atoms. The number of benzene rings is 1. The van der Waals surface area contributed by atoms with Gasteiger partial charge in [-0.25, -0.2) is 0 Å². The first kappa shape index (κ1) is 14.0. The summed E-state index contributed by atoms with van der Waals surface area (Å²) in [6.07, 6.45) is 0.806. The smallest absolute Gasteiger partial charge is 0.323 e. The highest BCUT2D eigenvalue weighted by atomic mass is 16.4. The minimum Gasteiger partial charge on any atom is -0.508 e. The van der Waals surface area contributed by atoms with Crippen molar-refractivity contribution in [1.82, 2.24) is 4.90 Å². The molecule has 98 valence electrons. The van der Waals surface area contributed by atoms with E-state index in [2.05, 4.69) is 0 Å². The minimum atomic E-state index is -1.02. The minimum absolute atomic E-state index is 0.0978. The molecule has 1 aromatic rings. The lowest BCUT2D eigenvalue weighted by Crippen LogP contribution is -2.37. The Kier molecular flexibility index (Phi) is 5.17. The van der Waals surface area contributed by atoms with Crippen LogP contribution in [0.2, 0.25) is 0 Å². The van der Waals surface area contributed by atoms with Crippen LogP contribution in [0.25, 0.3) is 0 Å². The third-order valence-electron chi connectivity index (χ3n) is 2.44. The normalized spacial score (nSPS) is 10.1. The van der Waals surface area contributed by atoms with Gasteiger partial charge in [0.05, 0.1) is 6.42 Å². The topological polar surface area (TPSA) is 77.8 Å². The van der Waals surface area contributed by atoms with E-state index >= 15 is 0 Å². The summed E-state index contributed by atoms with van der Waals surface area (Å²) in [5.74, 6) is -1.17. The lowest BCUT2D eigenvalue weighted by atomic mass is 10.1. The molecule has 1 rings (SSSR count). The molecule has 0 fully saturated rings. The Bertz CT molecular complexity index is 431. The average Bonchev–Trinajstić information content (AvgIpc) is 2.27. The molecular weight excluding hydrogens is 234 g/mol. The maximum absolute atomic E-state index is 11.9. The lowest BCUT2D eigenvalue weighted by molar-refractivity contribution is -0.144. The number of phenols is 1. The van der Waals surface area contributed by atoms with E-state index in [1.165, 1.54) is 17.0 Å². The maximum atomic E-state index is 11.9. The molecule has 0 heterocycles. The molecule has 0 atom stereocenters. The number of carbonyl (C=O) groups is 2. The van der Waals surface area contributed by atoms with Crippen LogP contribution in [0.3, 0.4) is 0 Å². The molecule has 0 aliphatic carbocycles. The van der Waals surface area contributed by atoms with Gasteiger partial charge in [0.2, 0.25) is 5.91 Å². The number of hydrogen-bond donors (Lipinski definition) is 2. The molecule has 0 aromatic heterocycles. The van der Waals surface area contributed by atoms with E-state index in [-0.39, 0.29) is 24.6 Å². The largest absolute Gasteiger partial charge is 0.508 e. The summed E-state index contributed by atoms with van der Waals surface area (Å²) in [6, 6.07) is 6.40. The van der Waals surface area contributed by atoms with Gasteiger partial charge in [-0.2, -0.15) is 0 Å². The summed E-state index contributed by atoms with van der Waals surface area (Å²) >= 11 is 0. The number of carboxylic acids is 1. The molecule has 0 unspecified atom stereocenters. The molecule has 18 heavy (non-hydrogen) atoms. The van der Waals surface area contributed by atoms with Gasteiger partial charge in [0, 0.05) is 6.54 Å². The number of amides is 1. The van der Waals surface area contributed by atoms with Gasteiger partial charge >= 0.3 is 5.97 Å². The Labute approximate surface area is 106 Å². The number of nitrogens with zero attached hydrogens (tertiary/aromatic N) is 1. The van der Waals surface area contributed by atoms with Crippen molar-refractivity contribution in [3.05, 3.63) is 29.8 Å². The Hall–Kier alpha value is -2.04. The molecule has 0 aliphatic rings. The van der Waals surface area contributed by atoms with Gasteiger partial charge < -0.3 is 15.1 Å². The first-order chi connectivity index (χ1) is 8.52. The van der Waals surface area contributed by atoms with Crippen LogP contribution >= 0.6 is 0 Å². The number of rotatable bonds is 6. The van der Waals surface area contributed by atoms with E-state index in [4.69, 9.17) is 5.11 Å². The molecule has 0 spiro atoms. The fraction of sp³-hybridized carbons (Fsp3) is 0.385.